The van der Waals surface area contributed by atoms with Crippen molar-refractivity contribution in [2.45, 2.75) is 32.9 Å². The molecule has 1 aromatic heterocycles. The molecular weight excluding hydrogens is 344 g/mol. The largest absolute Gasteiger partial charge is 0.489 e. The number of carbonyl (C=O) groups is 1. The highest BCUT2D eigenvalue weighted by molar-refractivity contribution is 7.09. The Hall–Kier alpha value is -2.66. The third-order valence-electron chi connectivity index (χ3n) is 3.84. The van der Waals surface area contributed by atoms with Crippen LogP contribution in [-0.4, -0.2) is 10.9 Å². The smallest absolute Gasteiger partial charge is 0.251 e. The van der Waals surface area contributed by atoms with Gasteiger partial charge in [0.1, 0.15) is 12.4 Å². The summed E-state index contributed by atoms with van der Waals surface area (Å²) in [7, 11) is 0. The van der Waals surface area contributed by atoms with Crippen molar-refractivity contribution in [3.63, 3.8) is 0 Å². The summed E-state index contributed by atoms with van der Waals surface area (Å²) >= 11 is 1.63. The highest BCUT2D eigenvalue weighted by Gasteiger charge is 2.09. The normalized spacial score (nSPS) is 10.7. The molecule has 2 aromatic carbocycles. The van der Waals surface area contributed by atoms with E-state index in [9.17, 15) is 4.79 Å². The lowest BCUT2D eigenvalue weighted by Gasteiger charge is -2.08. The Morgan fingerprint density at radius 3 is 2.69 bits per heavy atom. The van der Waals surface area contributed by atoms with Gasteiger partial charge in [-0.2, -0.15) is 0 Å². The molecule has 0 aliphatic carbocycles. The number of aromatic nitrogens is 1. The SMILES string of the molecule is CC(C)c1nc(CNC(=O)c2cccc(OCc3ccccc3)c2)cs1. The van der Waals surface area contributed by atoms with Gasteiger partial charge in [-0.15, -0.1) is 11.3 Å². The van der Waals surface area contributed by atoms with Crippen LogP contribution in [0.15, 0.2) is 60.0 Å². The predicted molar refractivity (Wildman–Crippen MR) is 105 cm³/mol. The third-order valence-corrected chi connectivity index (χ3v) is 5.03. The molecule has 0 aliphatic rings. The number of nitrogens with one attached hydrogen (secondary N) is 1. The van der Waals surface area contributed by atoms with Gasteiger partial charge in [0, 0.05) is 16.9 Å². The van der Waals surface area contributed by atoms with Crippen molar-refractivity contribution in [3.8, 4) is 5.75 Å². The molecule has 0 aliphatic heterocycles. The molecule has 1 heterocycles. The minimum Gasteiger partial charge on any atom is -0.489 e. The van der Waals surface area contributed by atoms with Crippen molar-refractivity contribution in [3.05, 3.63) is 81.8 Å². The highest BCUT2D eigenvalue weighted by Crippen LogP contribution is 2.19. The fraction of sp³-hybridized carbons (Fsp3) is 0.238. The first-order valence-corrected chi connectivity index (χ1v) is 9.49. The Balaban J connectivity index is 1.57. The fourth-order valence-electron chi connectivity index (χ4n) is 2.41. The Morgan fingerprint density at radius 1 is 1.15 bits per heavy atom. The summed E-state index contributed by atoms with van der Waals surface area (Å²) in [6.45, 7) is 5.13. The molecule has 0 bridgehead atoms. The first-order chi connectivity index (χ1) is 12.6. The highest BCUT2D eigenvalue weighted by atomic mass is 32.1. The predicted octanol–water partition coefficient (Wildman–Crippen LogP) is 4.78. The summed E-state index contributed by atoms with van der Waals surface area (Å²) in [5.74, 6) is 0.953. The molecule has 134 valence electrons. The summed E-state index contributed by atoms with van der Waals surface area (Å²) in [6.07, 6.45) is 0. The van der Waals surface area contributed by atoms with E-state index in [2.05, 4.69) is 24.1 Å². The molecule has 0 spiro atoms. The molecular formula is C21H22N2O2S. The van der Waals surface area contributed by atoms with E-state index < -0.39 is 0 Å². The first kappa shape index (κ1) is 18.1. The lowest BCUT2D eigenvalue weighted by atomic mass is 10.2. The maximum atomic E-state index is 12.4. The number of thiazole rings is 1. The van der Waals surface area contributed by atoms with Gasteiger partial charge in [0.2, 0.25) is 0 Å². The van der Waals surface area contributed by atoms with Gasteiger partial charge < -0.3 is 10.1 Å². The van der Waals surface area contributed by atoms with E-state index in [1.165, 1.54) is 0 Å². The van der Waals surface area contributed by atoms with Crippen molar-refractivity contribution in [1.82, 2.24) is 10.3 Å². The molecule has 0 saturated heterocycles. The van der Waals surface area contributed by atoms with Crippen molar-refractivity contribution >= 4 is 17.2 Å². The summed E-state index contributed by atoms with van der Waals surface area (Å²) in [6, 6.07) is 17.2. The number of carbonyl (C=O) groups excluding carboxylic acids is 1. The van der Waals surface area contributed by atoms with Crippen LogP contribution >= 0.6 is 11.3 Å². The molecule has 3 rings (SSSR count). The average Bonchev–Trinajstić information content (AvgIpc) is 3.15. The fourth-order valence-corrected chi connectivity index (χ4v) is 3.24. The average molecular weight is 366 g/mol. The van der Waals surface area contributed by atoms with Crippen LogP contribution < -0.4 is 10.1 Å². The van der Waals surface area contributed by atoms with E-state index >= 15 is 0 Å². The van der Waals surface area contributed by atoms with Crippen molar-refractivity contribution in [1.29, 1.82) is 0 Å². The van der Waals surface area contributed by atoms with Crippen LogP contribution in [0.3, 0.4) is 0 Å². The standard InChI is InChI=1S/C21H22N2O2S/c1-15(2)21-23-18(14-26-21)12-22-20(24)17-9-6-10-19(11-17)25-13-16-7-4-3-5-8-16/h3-11,14-15H,12-13H2,1-2H3,(H,22,24). The molecule has 4 nitrogen and oxygen atoms in total. The number of rotatable bonds is 7. The van der Waals surface area contributed by atoms with Gasteiger partial charge in [-0.05, 0) is 23.8 Å². The Bertz CT molecular complexity index is 859. The lowest BCUT2D eigenvalue weighted by molar-refractivity contribution is 0.0950. The zero-order valence-electron chi connectivity index (χ0n) is 14.9. The van der Waals surface area contributed by atoms with Crippen LogP contribution in [-0.2, 0) is 13.2 Å². The number of benzene rings is 2. The van der Waals surface area contributed by atoms with Crippen molar-refractivity contribution < 1.29 is 9.53 Å². The molecule has 3 aromatic rings. The van der Waals surface area contributed by atoms with Crippen molar-refractivity contribution in [2.75, 3.05) is 0 Å². The van der Waals surface area contributed by atoms with Crippen LogP contribution in [0.4, 0.5) is 0 Å². The summed E-state index contributed by atoms with van der Waals surface area (Å²) in [5.41, 5.74) is 2.56. The number of ether oxygens (including phenoxy) is 1. The van der Waals surface area contributed by atoms with Crippen LogP contribution in [0.1, 0.15) is 46.4 Å². The van der Waals surface area contributed by atoms with E-state index in [1.807, 2.05) is 47.8 Å². The zero-order chi connectivity index (χ0) is 18.4. The molecule has 0 unspecified atom stereocenters. The molecule has 26 heavy (non-hydrogen) atoms. The molecule has 0 radical (unpaired) electrons. The van der Waals surface area contributed by atoms with E-state index in [4.69, 9.17) is 4.74 Å². The summed E-state index contributed by atoms with van der Waals surface area (Å²) < 4.78 is 5.78. The van der Waals surface area contributed by atoms with Gasteiger partial charge in [0.25, 0.3) is 5.91 Å². The topological polar surface area (TPSA) is 51.2 Å². The Morgan fingerprint density at radius 2 is 1.96 bits per heavy atom. The van der Waals surface area contributed by atoms with E-state index in [0.717, 1.165) is 16.3 Å². The number of hydrogen-bond donors (Lipinski definition) is 1. The van der Waals surface area contributed by atoms with E-state index in [0.29, 0.717) is 30.4 Å². The van der Waals surface area contributed by atoms with Crippen LogP contribution in [0, 0.1) is 0 Å². The van der Waals surface area contributed by atoms with Gasteiger partial charge in [-0.25, -0.2) is 4.98 Å². The third kappa shape index (κ3) is 4.92. The Kier molecular flexibility index (Phi) is 6.02. The molecule has 5 heteroatoms. The van der Waals surface area contributed by atoms with Crippen LogP contribution in [0.2, 0.25) is 0 Å². The monoisotopic (exact) mass is 366 g/mol. The molecule has 1 N–H and O–H groups in total. The van der Waals surface area contributed by atoms with Crippen molar-refractivity contribution in [2.24, 2.45) is 0 Å². The zero-order valence-corrected chi connectivity index (χ0v) is 15.8. The summed E-state index contributed by atoms with van der Waals surface area (Å²) in [5, 5.41) is 6.00. The first-order valence-electron chi connectivity index (χ1n) is 8.61. The summed E-state index contributed by atoms with van der Waals surface area (Å²) in [4.78, 5) is 16.9. The molecule has 0 saturated carbocycles. The van der Waals surface area contributed by atoms with Crippen LogP contribution in [0.25, 0.3) is 0 Å². The quantitative estimate of drug-likeness (QED) is 0.655. The number of nitrogens with zero attached hydrogens (tertiary/aromatic N) is 1. The maximum absolute atomic E-state index is 12.4. The molecule has 0 atom stereocenters. The Labute approximate surface area is 157 Å². The molecule has 1 amide bonds. The van der Waals surface area contributed by atoms with Gasteiger partial charge in [0.05, 0.1) is 17.2 Å². The molecule has 0 fully saturated rings. The van der Waals surface area contributed by atoms with Crippen LogP contribution in [0.5, 0.6) is 5.75 Å². The second kappa shape index (κ2) is 8.63. The van der Waals surface area contributed by atoms with E-state index in [-0.39, 0.29) is 5.91 Å². The van der Waals surface area contributed by atoms with Gasteiger partial charge in [-0.3, -0.25) is 4.79 Å². The van der Waals surface area contributed by atoms with Gasteiger partial charge in [0.15, 0.2) is 0 Å². The van der Waals surface area contributed by atoms with Gasteiger partial charge in [-0.1, -0.05) is 50.2 Å². The van der Waals surface area contributed by atoms with Gasteiger partial charge >= 0.3 is 0 Å². The lowest BCUT2D eigenvalue weighted by Crippen LogP contribution is -2.23. The second-order valence-electron chi connectivity index (χ2n) is 6.32. The minimum absolute atomic E-state index is 0.130. The maximum Gasteiger partial charge on any atom is 0.251 e. The second-order valence-corrected chi connectivity index (χ2v) is 7.21. The number of hydrogen-bond acceptors (Lipinski definition) is 4. The minimum atomic E-state index is -0.130. The number of amides is 1. The van der Waals surface area contributed by atoms with E-state index in [1.54, 1.807) is 23.5 Å².